The molecule has 0 saturated carbocycles. The van der Waals surface area contributed by atoms with Crippen LogP contribution in [0.1, 0.15) is 35.7 Å². The van der Waals surface area contributed by atoms with Gasteiger partial charge in [-0.05, 0) is 73.5 Å². The molecular weight excluding hydrogens is 547 g/mol. The Morgan fingerprint density at radius 3 is 2.72 bits per heavy atom. The van der Waals surface area contributed by atoms with E-state index in [1.807, 2.05) is 29.7 Å². The number of amides is 1. The fourth-order valence-electron chi connectivity index (χ4n) is 5.23. The first-order valence-corrected chi connectivity index (χ1v) is 14.2. The molecular formula is C33H31FN6O3. The fourth-order valence-corrected chi connectivity index (χ4v) is 5.23. The smallest absolute Gasteiger partial charge is 0.259 e. The van der Waals surface area contributed by atoms with E-state index >= 15 is 0 Å². The summed E-state index contributed by atoms with van der Waals surface area (Å²) in [6.45, 7) is 3.38. The van der Waals surface area contributed by atoms with Gasteiger partial charge in [0.05, 0.1) is 46.5 Å². The van der Waals surface area contributed by atoms with E-state index in [2.05, 4.69) is 9.97 Å². The van der Waals surface area contributed by atoms with E-state index in [9.17, 15) is 14.0 Å². The molecule has 0 bridgehead atoms. The molecule has 1 atom stereocenters. The van der Waals surface area contributed by atoms with E-state index in [4.69, 9.17) is 15.5 Å². The molecule has 2 aromatic heterocycles. The van der Waals surface area contributed by atoms with E-state index in [-0.39, 0.29) is 29.1 Å². The number of allylic oxidation sites excluding steroid dienone is 2. The molecule has 1 aliphatic heterocycles. The number of rotatable bonds is 9. The Kier molecular flexibility index (Phi) is 7.84. The number of carbonyl (C=O) groups excluding carboxylic acids is 1. The van der Waals surface area contributed by atoms with Crippen LogP contribution in [-0.4, -0.2) is 49.5 Å². The minimum Gasteiger partial charge on any atom is -0.493 e. The van der Waals surface area contributed by atoms with Crippen molar-refractivity contribution in [2.24, 2.45) is 5.73 Å². The summed E-state index contributed by atoms with van der Waals surface area (Å²) in [5.41, 5.74) is 9.18. The number of carbonyl (C=O) groups is 1. The summed E-state index contributed by atoms with van der Waals surface area (Å²) in [5.74, 6) is 0.307. The van der Waals surface area contributed by atoms with Gasteiger partial charge in [0.1, 0.15) is 17.4 Å². The van der Waals surface area contributed by atoms with E-state index in [0.29, 0.717) is 59.4 Å². The van der Waals surface area contributed by atoms with E-state index < -0.39 is 0 Å². The molecule has 0 aliphatic carbocycles. The molecule has 5 aromatic rings. The van der Waals surface area contributed by atoms with Gasteiger partial charge in [0, 0.05) is 18.3 Å². The highest BCUT2D eigenvalue weighted by Crippen LogP contribution is 2.31. The Labute approximate surface area is 247 Å². The lowest BCUT2D eigenvalue weighted by Crippen LogP contribution is -2.37. The van der Waals surface area contributed by atoms with E-state index in [0.717, 1.165) is 17.5 Å². The number of fused-ring (bicyclic) bond motifs is 2. The van der Waals surface area contributed by atoms with Crippen molar-refractivity contribution in [3.8, 4) is 17.1 Å². The van der Waals surface area contributed by atoms with Crippen molar-refractivity contribution < 1.29 is 13.9 Å². The van der Waals surface area contributed by atoms with Gasteiger partial charge in [-0.2, -0.15) is 0 Å². The topological polar surface area (TPSA) is 119 Å². The Morgan fingerprint density at radius 2 is 1.93 bits per heavy atom. The van der Waals surface area contributed by atoms with Crippen LogP contribution >= 0.6 is 0 Å². The van der Waals surface area contributed by atoms with Crippen LogP contribution in [0.15, 0.2) is 90.1 Å². The summed E-state index contributed by atoms with van der Waals surface area (Å²) in [5, 5.41) is 0.398. The highest BCUT2D eigenvalue weighted by Gasteiger charge is 2.24. The number of hydrogen-bond acceptors (Lipinski definition) is 6. The summed E-state index contributed by atoms with van der Waals surface area (Å²) in [4.78, 5) is 40.9. The number of aromatic nitrogens is 4. The number of nitrogens with one attached hydrogen (secondary N) is 1. The van der Waals surface area contributed by atoms with Crippen molar-refractivity contribution in [3.05, 3.63) is 113 Å². The third-order valence-corrected chi connectivity index (χ3v) is 7.40. The Bertz CT molecular complexity index is 1930. The SMILES string of the molecule is CCCOc1ccc(C(=O)N2C=CC=CC2CCN)cc1-c1nc2cc3ncn(Cc4ccc(F)cc4)c3cc2c(=O)[nH]1. The summed E-state index contributed by atoms with van der Waals surface area (Å²) in [6, 6.07) is 14.8. The second-order valence-electron chi connectivity index (χ2n) is 10.4. The number of benzene rings is 3. The summed E-state index contributed by atoms with van der Waals surface area (Å²) < 4.78 is 21.3. The zero-order valence-electron chi connectivity index (χ0n) is 23.7. The lowest BCUT2D eigenvalue weighted by molar-refractivity contribution is 0.0787. The van der Waals surface area contributed by atoms with Crippen LogP contribution in [0.25, 0.3) is 33.3 Å². The van der Waals surface area contributed by atoms with Gasteiger partial charge in [-0.15, -0.1) is 0 Å². The molecule has 1 unspecified atom stereocenters. The minimum absolute atomic E-state index is 0.147. The molecule has 43 heavy (non-hydrogen) atoms. The van der Waals surface area contributed by atoms with Crippen molar-refractivity contribution in [3.63, 3.8) is 0 Å². The van der Waals surface area contributed by atoms with Crippen molar-refractivity contribution in [1.29, 1.82) is 0 Å². The highest BCUT2D eigenvalue weighted by atomic mass is 19.1. The van der Waals surface area contributed by atoms with E-state index in [1.165, 1.54) is 12.1 Å². The van der Waals surface area contributed by atoms with Crippen LogP contribution in [0.3, 0.4) is 0 Å². The second kappa shape index (κ2) is 12.0. The zero-order valence-corrected chi connectivity index (χ0v) is 23.7. The average Bonchev–Trinajstić information content (AvgIpc) is 3.41. The first kappa shape index (κ1) is 28.0. The van der Waals surface area contributed by atoms with Gasteiger partial charge in [-0.25, -0.2) is 14.4 Å². The number of ether oxygens (including phenoxy) is 1. The highest BCUT2D eigenvalue weighted by molar-refractivity contribution is 5.97. The predicted molar refractivity (Wildman–Crippen MR) is 164 cm³/mol. The molecule has 218 valence electrons. The molecule has 1 aliphatic rings. The number of imidazole rings is 1. The first-order valence-electron chi connectivity index (χ1n) is 14.2. The first-order chi connectivity index (χ1) is 20.9. The summed E-state index contributed by atoms with van der Waals surface area (Å²) in [7, 11) is 0. The lowest BCUT2D eigenvalue weighted by Gasteiger charge is -2.28. The molecule has 0 spiro atoms. The Balaban J connectivity index is 1.40. The quantitative estimate of drug-likeness (QED) is 0.249. The number of H-pyrrole nitrogens is 1. The summed E-state index contributed by atoms with van der Waals surface area (Å²) >= 11 is 0. The third kappa shape index (κ3) is 5.69. The molecule has 3 aromatic carbocycles. The van der Waals surface area contributed by atoms with Gasteiger partial charge in [-0.3, -0.25) is 9.59 Å². The number of aromatic amines is 1. The minimum atomic E-state index is -0.332. The lowest BCUT2D eigenvalue weighted by atomic mass is 10.0. The van der Waals surface area contributed by atoms with Gasteiger partial charge in [0.25, 0.3) is 11.5 Å². The van der Waals surface area contributed by atoms with Crippen molar-refractivity contribution >= 4 is 27.8 Å². The Hall–Kier alpha value is -5.09. The van der Waals surface area contributed by atoms with E-state index in [1.54, 1.807) is 59.9 Å². The van der Waals surface area contributed by atoms with Crippen LogP contribution < -0.4 is 16.0 Å². The standard InChI is InChI=1S/C33H31FN6O3/c1-2-15-43-30-11-8-22(33(42)40-14-4-3-5-24(40)12-13-35)16-26(30)31-37-27-18-28-29(17-25(27)32(41)38-31)39(20-36-28)19-21-6-9-23(34)10-7-21/h3-11,14,16-18,20,24H,2,12-13,15,19,35H2,1H3,(H,37,38,41). The number of nitrogens with two attached hydrogens (primary N) is 1. The fraction of sp³-hybridized carbons (Fsp3) is 0.212. The maximum Gasteiger partial charge on any atom is 0.259 e. The van der Waals surface area contributed by atoms with Crippen LogP contribution in [0.4, 0.5) is 4.39 Å². The summed E-state index contributed by atoms with van der Waals surface area (Å²) in [6.07, 6.45) is 10.5. The largest absolute Gasteiger partial charge is 0.493 e. The molecule has 0 fully saturated rings. The van der Waals surface area contributed by atoms with Crippen molar-refractivity contribution in [1.82, 2.24) is 24.4 Å². The maximum atomic E-state index is 13.6. The maximum absolute atomic E-state index is 13.6. The molecule has 6 rings (SSSR count). The van der Waals surface area contributed by atoms with Crippen LogP contribution in [0.5, 0.6) is 5.75 Å². The van der Waals surface area contributed by atoms with Gasteiger partial charge < -0.3 is 24.9 Å². The van der Waals surface area contributed by atoms with Gasteiger partial charge in [-0.1, -0.05) is 31.2 Å². The molecule has 0 radical (unpaired) electrons. The Morgan fingerprint density at radius 1 is 1.09 bits per heavy atom. The number of halogens is 1. The third-order valence-electron chi connectivity index (χ3n) is 7.40. The van der Waals surface area contributed by atoms with Gasteiger partial charge >= 0.3 is 0 Å². The van der Waals surface area contributed by atoms with Crippen LogP contribution in [0, 0.1) is 5.82 Å². The van der Waals surface area contributed by atoms with Crippen LogP contribution in [-0.2, 0) is 6.54 Å². The van der Waals surface area contributed by atoms with Gasteiger partial charge in [0.15, 0.2) is 0 Å². The normalized spacial score (nSPS) is 14.6. The molecule has 10 heteroatoms. The number of nitrogens with zero attached hydrogens (tertiary/aromatic N) is 4. The van der Waals surface area contributed by atoms with Crippen LogP contribution in [0.2, 0.25) is 0 Å². The van der Waals surface area contributed by atoms with Gasteiger partial charge in [0.2, 0.25) is 0 Å². The molecule has 3 N–H and O–H groups in total. The monoisotopic (exact) mass is 578 g/mol. The molecule has 9 nitrogen and oxygen atoms in total. The zero-order chi connectivity index (χ0) is 29.9. The predicted octanol–water partition coefficient (Wildman–Crippen LogP) is 5.16. The molecule has 1 amide bonds. The second-order valence-corrected chi connectivity index (χ2v) is 10.4. The van der Waals surface area contributed by atoms with Crippen molar-refractivity contribution in [2.75, 3.05) is 13.2 Å². The molecule has 3 heterocycles. The molecule has 0 saturated heterocycles. The average molecular weight is 579 g/mol. The number of hydrogen-bond donors (Lipinski definition) is 2. The van der Waals surface area contributed by atoms with Crippen molar-refractivity contribution in [2.45, 2.75) is 32.4 Å².